The van der Waals surface area contributed by atoms with Crippen molar-refractivity contribution in [1.82, 2.24) is 14.8 Å². The third-order valence-corrected chi connectivity index (χ3v) is 8.74. The Labute approximate surface area is 207 Å². The van der Waals surface area contributed by atoms with Crippen molar-refractivity contribution in [3.05, 3.63) is 40.6 Å². The number of aliphatic hydroxyl groups is 1. The van der Waals surface area contributed by atoms with E-state index < -0.39 is 0 Å². The topological polar surface area (TPSA) is 103 Å². The van der Waals surface area contributed by atoms with Gasteiger partial charge in [0, 0.05) is 56.9 Å². The van der Waals surface area contributed by atoms with Crippen LogP contribution in [0.2, 0.25) is 0 Å². The van der Waals surface area contributed by atoms with E-state index in [1.54, 1.807) is 29.8 Å². The van der Waals surface area contributed by atoms with E-state index in [0.29, 0.717) is 42.6 Å². The van der Waals surface area contributed by atoms with Gasteiger partial charge in [0.25, 0.3) is 5.91 Å². The standard InChI is InChI=1S/C24H30N4O4S2/c1-14-8-17(9-19(15(14)2)23(32)28-6-4-27(5-7-28)16(3)30)13-33-21-11-25-24(34-21)26-22(31)20-10-18(20)12-29/h8-9,11,18,20,29H,4-7,10,12-13H2,1-3H3,(H,25,26,31). The van der Waals surface area contributed by atoms with Crippen molar-refractivity contribution in [3.8, 4) is 0 Å². The predicted molar refractivity (Wildman–Crippen MR) is 133 cm³/mol. The van der Waals surface area contributed by atoms with E-state index in [1.807, 2.05) is 24.8 Å². The highest BCUT2D eigenvalue weighted by molar-refractivity contribution is 8.00. The number of aryl methyl sites for hydroxylation is 1. The molecule has 1 saturated heterocycles. The zero-order chi connectivity index (χ0) is 24.4. The van der Waals surface area contributed by atoms with Crippen molar-refractivity contribution in [2.45, 2.75) is 37.2 Å². The number of nitrogens with zero attached hydrogens (tertiary/aromatic N) is 3. The maximum absolute atomic E-state index is 13.2. The SMILES string of the molecule is CC(=O)N1CCN(C(=O)c2cc(CSc3cnc(NC(=O)C4CC4CO)s3)cc(C)c2C)CC1. The minimum absolute atomic E-state index is 0.0136. The van der Waals surface area contributed by atoms with Gasteiger partial charge in [-0.05, 0) is 48.9 Å². The fraction of sp³-hybridized carbons (Fsp3) is 0.500. The van der Waals surface area contributed by atoms with E-state index in [1.165, 1.54) is 11.3 Å². The molecule has 0 bridgehead atoms. The first-order valence-corrected chi connectivity index (χ1v) is 13.2. The summed E-state index contributed by atoms with van der Waals surface area (Å²) < 4.78 is 0.983. The van der Waals surface area contributed by atoms with Gasteiger partial charge in [-0.15, -0.1) is 11.8 Å². The highest BCUT2D eigenvalue weighted by Gasteiger charge is 2.42. The molecule has 2 fully saturated rings. The lowest BCUT2D eigenvalue weighted by Gasteiger charge is -2.34. The van der Waals surface area contributed by atoms with Crippen molar-refractivity contribution in [2.75, 3.05) is 38.1 Å². The summed E-state index contributed by atoms with van der Waals surface area (Å²) in [7, 11) is 0. The Hall–Kier alpha value is -2.43. The minimum Gasteiger partial charge on any atom is -0.396 e. The van der Waals surface area contributed by atoms with E-state index >= 15 is 0 Å². The van der Waals surface area contributed by atoms with Crippen LogP contribution in [0.25, 0.3) is 0 Å². The van der Waals surface area contributed by atoms with Crippen LogP contribution in [0.1, 0.15) is 40.4 Å². The Morgan fingerprint density at radius 1 is 1.18 bits per heavy atom. The molecule has 0 spiro atoms. The van der Waals surface area contributed by atoms with Crippen LogP contribution in [0.15, 0.2) is 22.5 Å². The summed E-state index contributed by atoms with van der Waals surface area (Å²) in [6.07, 6.45) is 2.48. The van der Waals surface area contributed by atoms with Crippen LogP contribution in [0.4, 0.5) is 5.13 Å². The van der Waals surface area contributed by atoms with Gasteiger partial charge in [0.05, 0.1) is 10.4 Å². The summed E-state index contributed by atoms with van der Waals surface area (Å²) in [6.45, 7) is 7.84. The van der Waals surface area contributed by atoms with Crippen molar-refractivity contribution in [3.63, 3.8) is 0 Å². The molecule has 2 N–H and O–H groups in total. The first kappa shape index (κ1) is 24.7. The monoisotopic (exact) mass is 502 g/mol. The molecule has 2 heterocycles. The van der Waals surface area contributed by atoms with Gasteiger partial charge >= 0.3 is 0 Å². The van der Waals surface area contributed by atoms with Gasteiger partial charge in [0.1, 0.15) is 0 Å². The van der Waals surface area contributed by atoms with Gasteiger partial charge < -0.3 is 20.2 Å². The van der Waals surface area contributed by atoms with Crippen molar-refractivity contribution in [1.29, 1.82) is 0 Å². The first-order chi connectivity index (χ1) is 16.3. The molecule has 3 amide bonds. The number of aliphatic hydroxyl groups excluding tert-OH is 1. The van der Waals surface area contributed by atoms with E-state index in [2.05, 4.69) is 16.4 Å². The number of thiazole rings is 1. The van der Waals surface area contributed by atoms with Crippen LogP contribution in [0.3, 0.4) is 0 Å². The molecule has 10 heteroatoms. The van der Waals surface area contributed by atoms with Crippen molar-refractivity contribution in [2.24, 2.45) is 11.8 Å². The number of rotatable bonds is 7. The lowest BCUT2D eigenvalue weighted by atomic mass is 9.99. The van der Waals surface area contributed by atoms with Gasteiger partial charge in [0.15, 0.2) is 5.13 Å². The second kappa shape index (κ2) is 10.5. The molecular weight excluding hydrogens is 472 g/mol. The Bertz CT molecular complexity index is 1090. The molecule has 2 aliphatic rings. The number of benzene rings is 1. The normalized spacial score (nSPS) is 19.8. The summed E-state index contributed by atoms with van der Waals surface area (Å²) in [5.41, 5.74) is 3.83. The molecule has 2 aromatic rings. The van der Waals surface area contributed by atoms with Crippen molar-refractivity contribution < 1.29 is 19.5 Å². The molecular formula is C24H30N4O4S2. The van der Waals surface area contributed by atoms with E-state index in [9.17, 15) is 14.4 Å². The summed E-state index contributed by atoms with van der Waals surface area (Å²) >= 11 is 3.05. The summed E-state index contributed by atoms with van der Waals surface area (Å²) in [5, 5.41) is 12.5. The summed E-state index contributed by atoms with van der Waals surface area (Å²) in [4.78, 5) is 44.9. The smallest absolute Gasteiger partial charge is 0.254 e. The maximum Gasteiger partial charge on any atom is 0.254 e. The van der Waals surface area contributed by atoms with Crippen LogP contribution in [0, 0.1) is 25.7 Å². The number of nitrogens with one attached hydrogen (secondary N) is 1. The van der Waals surface area contributed by atoms with Crippen LogP contribution in [-0.4, -0.2) is 70.4 Å². The second-order valence-corrected chi connectivity index (χ2v) is 11.2. The Kier molecular flexibility index (Phi) is 7.59. The number of thioether (sulfide) groups is 1. The molecule has 1 aromatic heterocycles. The molecule has 1 aromatic carbocycles. The molecule has 2 unspecified atom stereocenters. The van der Waals surface area contributed by atoms with Gasteiger partial charge in [-0.25, -0.2) is 4.98 Å². The fourth-order valence-corrected chi connectivity index (χ4v) is 5.95. The molecule has 1 aliphatic heterocycles. The Morgan fingerprint density at radius 3 is 2.53 bits per heavy atom. The zero-order valence-corrected chi connectivity index (χ0v) is 21.3. The van der Waals surface area contributed by atoms with Crippen molar-refractivity contribution >= 4 is 46.0 Å². The zero-order valence-electron chi connectivity index (χ0n) is 19.7. The number of hydrogen-bond donors (Lipinski definition) is 2. The highest BCUT2D eigenvalue weighted by atomic mass is 32.2. The van der Waals surface area contributed by atoms with Gasteiger partial charge in [-0.2, -0.15) is 0 Å². The number of carbonyl (C=O) groups excluding carboxylic acids is 3. The van der Waals surface area contributed by atoms with E-state index in [0.717, 1.165) is 27.3 Å². The summed E-state index contributed by atoms with van der Waals surface area (Å²) in [5.74, 6) is 0.636. The van der Waals surface area contributed by atoms with Gasteiger partial charge in [-0.3, -0.25) is 14.4 Å². The molecule has 34 heavy (non-hydrogen) atoms. The number of anilines is 1. The van der Waals surface area contributed by atoms with Gasteiger partial charge in [0.2, 0.25) is 11.8 Å². The van der Waals surface area contributed by atoms with Gasteiger partial charge in [-0.1, -0.05) is 17.4 Å². The molecule has 1 saturated carbocycles. The second-order valence-electron chi connectivity index (χ2n) is 8.93. The van der Waals surface area contributed by atoms with Crippen LogP contribution >= 0.6 is 23.1 Å². The third kappa shape index (κ3) is 5.61. The first-order valence-electron chi connectivity index (χ1n) is 11.4. The number of piperazine rings is 1. The molecule has 182 valence electrons. The fourth-order valence-electron chi connectivity index (χ4n) is 4.14. The quantitative estimate of drug-likeness (QED) is 0.565. The van der Waals surface area contributed by atoms with Crippen LogP contribution in [0.5, 0.6) is 0 Å². The Morgan fingerprint density at radius 2 is 1.88 bits per heavy atom. The average Bonchev–Trinajstić information content (AvgIpc) is 3.50. The lowest BCUT2D eigenvalue weighted by Crippen LogP contribution is -2.50. The molecule has 4 rings (SSSR count). The van der Waals surface area contributed by atoms with Crippen LogP contribution < -0.4 is 5.32 Å². The molecule has 2 atom stereocenters. The van der Waals surface area contributed by atoms with Crippen LogP contribution in [-0.2, 0) is 15.3 Å². The number of aromatic nitrogens is 1. The third-order valence-electron chi connectivity index (χ3n) is 6.56. The lowest BCUT2D eigenvalue weighted by molar-refractivity contribution is -0.130. The number of amides is 3. The molecule has 1 aliphatic carbocycles. The largest absolute Gasteiger partial charge is 0.396 e. The summed E-state index contributed by atoms with van der Waals surface area (Å²) in [6, 6.07) is 4.08. The highest BCUT2D eigenvalue weighted by Crippen LogP contribution is 2.39. The minimum atomic E-state index is -0.109. The molecule has 0 radical (unpaired) electrons. The number of hydrogen-bond acceptors (Lipinski definition) is 7. The predicted octanol–water partition coefficient (Wildman–Crippen LogP) is 2.92. The van der Waals surface area contributed by atoms with E-state index in [4.69, 9.17) is 5.11 Å². The Balaban J connectivity index is 1.37. The number of carbonyl (C=O) groups is 3. The average molecular weight is 503 g/mol. The maximum atomic E-state index is 13.2. The van der Waals surface area contributed by atoms with E-state index in [-0.39, 0.29) is 36.2 Å². The molecule has 8 nitrogen and oxygen atoms in total.